The number of carbonyl (C=O) groups excluding carboxylic acids is 3. The van der Waals surface area contributed by atoms with Crippen molar-refractivity contribution in [1.82, 2.24) is 20.4 Å². The van der Waals surface area contributed by atoms with E-state index in [1.165, 1.54) is 37.7 Å². The fraction of sp³-hybridized carbons (Fsp3) is 0.545. The topological polar surface area (TPSA) is 81.8 Å². The number of nitrogens with zero attached hydrogens (tertiary/aromatic N) is 2. The Labute approximate surface area is 271 Å². The lowest BCUT2D eigenvalue weighted by Crippen LogP contribution is -2.56. The Bertz CT molecular complexity index is 1160. The standard InChI is InChI=1S/C33H44N4O3S2.ClH/c38-31(34-28-16-18-36(19-17-28)20-25-10-4-1-5-11-25)29(22-41-21-26-12-6-2-7-13-26)35-32(39)30-23-42-24-37(30)33(40)27-14-8-3-9-15-27;/h1,3-5,8-11,14-15,26,28-30H,2,6-7,12-13,16-24H2,(H,34,38)(H,35,39);1H/t29-,30?;/m0./s1. The van der Waals surface area contributed by atoms with Gasteiger partial charge in [0.1, 0.15) is 12.1 Å². The second kappa shape index (κ2) is 17.3. The van der Waals surface area contributed by atoms with Crippen molar-refractivity contribution in [2.75, 3.05) is 36.2 Å². The summed E-state index contributed by atoms with van der Waals surface area (Å²) < 4.78 is 0. The summed E-state index contributed by atoms with van der Waals surface area (Å²) in [5.74, 6) is 2.79. The normalized spacial score (nSPS) is 20.7. The lowest BCUT2D eigenvalue weighted by molar-refractivity contribution is -0.130. The molecule has 0 spiro atoms. The third-order valence-corrected chi connectivity index (χ3v) is 10.9. The molecule has 2 aromatic carbocycles. The SMILES string of the molecule is Cl.O=C(N[C@@H](CSCC1CCCCC1)C(=O)NC1CCN(Cc2ccccc2)CC1)C1CSCN1C(=O)c1ccccc1. The summed E-state index contributed by atoms with van der Waals surface area (Å²) in [5.41, 5.74) is 1.89. The van der Waals surface area contributed by atoms with Gasteiger partial charge in [-0.15, -0.1) is 24.2 Å². The number of hydrogen-bond acceptors (Lipinski definition) is 6. The quantitative estimate of drug-likeness (QED) is 0.350. The van der Waals surface area contributed by atoms with E-state index in [0.717, 1.165) is 38.2 Å². The van der Waals surface area contributed by atoms with E-state index >= 15 is 0 Å². The van der Waals surface area contributed by atoms with Crippen LogP contribution in [0, 0.1) is 5.92 Å². The van der Waals surface area contributed by atoms with Crippen molar-refractivity contribution >= 4 is 53.7 Å². The molecule has 0 aromatic heterocycles. The van der Waals surface area contributed by atoms with Gasteiger partial charge < -0.3 is 15.5 Å². The fourth-order valence-corrected chi connectivity index (χ4v) is 8.57. The molecule has 1 aliphatic carbocycles. The highest BCUT2D eigenvalue weighted by Gasteiger charge is 2.37. The van der Waals surface area contributed by atoms with Crippen molar-refractivity contribution in [3.05, 3.63) is 71.8 Å². The molecule has 7 nitrogen and oxygen atoms in total. The molecule has 0 bridgehead atoms. The van der Waals surface area contributed by atoms with Gasteiger partial charge in [0, 0.05) is 42.7 Å². The molecule has 2 N–H and O–H groups in total. The van der Waals surface area contributed by atoms with E-state index < -0.39 is 12.1 Å². The summed E-state index contributed by atoms with van der Waals surface area (Å²) in [6.45, 7) is 2.79. The van der Waals surface area contributed by atoms with E-state index in [2.05, 4.69) is 39.8 Å². The predicted octanol–water partition coefficient (Wildman–Crippen LogP) is 5.20. The maximum Gasteiger partial charge on any atom is 0.255 e. The number of carbonyl (C=O) groups is 3. The predicted molar refractivity (Wildman–Crippen MR) is 180 cm³/mol. The Morgan fingerprint density at radius 2 is 1.58 bits per heavy atom. The number of thioether (sulfide) groups is 2. The first kappa shape index (κ1) is 33.7. The Morgan fingerprint density at radius 1 is 0.907 bits per heavy atom. The lowest BCUT2D eigenvalue weighted by atomic mass is 9.91. The molecule has 0 radical (unpaired) electrons. The molecule has 3 aliphatic rings. The maximum atomic E-state index is 13.6. The molecule has 1 saturated carbocycles. The third kappa shape index (κ3) is 9.90. The average molecular weight is 645 g/mol. The van der Waals surface area contributed by atoms with Crippen LogP contribution in [-0.4, -0.2) is 81.9 Å². The van der Waals surface area contributed by atoms with Crippen LogP contribution in [0.4, 0.5) is 0 Å². The van der Waals surface area contributed by atoms with Crippen LogP contribution in [0.5, 0.6) is 0 Å². The lowest BCUT2D eigenvalue weighted by Gasteiger charge is -2.33. The van der Waals surface area contributed by atoms with E-state index in [0.29, 0.717) is 28.9 Å². The molecular weight excluding hydrogens is 600 g/mol. The van der Waals surface area contributed by atoms with Gasteiger partial charge in [-0.2, -0.15) is 11.8 Å². The molecule has 2 atom stereocenters. The van der Waals surface area contributed by atoms with Crippen LogP contribution < -0.4 is 10.6 Å². The summed E-state index contributed by atoms with van der Waals surface area (Å²) in [6.07, 6.45) is 8.21. The number of amides is 3. The summed E-state index contributed by atoms with van der Waals surface area (Å²) in [5, 5.41) is 6.34. The molecule has 2 aromatic rings. The molecular formula is C33H45ClN4O3S2. The van der Waals surface area contributed by atoms with Crippen LogP contribution in [0.1, 0.15) is 60.9 Å². The van der Waals surface area contributed by atoms with Gasteiger partial charge in [0.05, 0.1) is 5.88 Å². The number of piperidine rings is 1. The second-order valence-corrected chi connectivity index (χ2v) is 13.9. The molecule has 10 heteroatoms. The van der Waals surface area contributed by atoms with Crippen LogP contribution in [0.25, 0.3) is 0 Å². The molecule has 5 rings (SSSR count). The average Bonchev–Trinajstić information content (AvgIpc) is 3.53. The van der Waals surface area contributed by atoms with Crippen molar-refractivity contribution in [3.63, 3.8) is 0 Å². The summed E-state index contributed by atoms with van der Waals surface area (Å²) in [6, 6.07) is 18.5. The van der Waals surface area contributed by atoms with Gasteiger partial charge in [0.25, 0.3) is 5.91 Å². The van der Waals surface area contributed by atoms with Crippen molar-refractivity contribution < 1.29 is 14.4 Å². The maximum absolute atomic E-state index is 13.6. The molecule has 3 fully saturated rings. The van der Waals surface area contributed by atoms with Gasteiger partial charge in [0.15, 0.2) is 0 Å². The van der Waals surface area contributed by atoms with E-state index in [1.54, 1.807) is 40.6 Å². The van der Waals surface area contributed by atoms with Gasteiger partial charge in [-0.3, -0.25) is 19.3 Å². The van der Waals surface area contributed by atoms with Gasteiger partial charge in [-0.25, -0.2) is 0 Å². The highest BCUT2D eigenvalue weighted by molar-refractivity contribution is 7.99. The van der Waals surface area contributed by atoms with Crippen molar-refractivity contribution in [1.29, 1.82) is 0 Å². The fourth-order valence-electron chi connectivity index (χ4n) is 6.14. The van der Waals surface area contributed by atoms with Crippen molar-refractivity contribution in [2.45, 2.75) is 69.6 Å². The summed E-state index contributed by atoms with van der Waals surface area (Å²) in [4.78, 5) is 44.4. The Hall–Kier alpha value is -2.20. The number of benzene rings is 2. The number of halogens is 1. The first-order chi connectivity index (χ1) is 20.6. The largest absolute Gasteiger partial charge is 0.351 e. The number of likely N-dealkylation sites (tertiary alicyclic amines) is 1. The molecule has 234 valence electrons. The number of hydrogen-bond donors (Lipinski definition) is 2. The Balaban J connectivity index is 0.00000423. The van der Waals surface area contributed by atoms with E-state index in [9.17, 15) is 14.4 Å². The highest BCUT2D eigenvalue weighted by Crippen LogP contribution is 2.27. The summed E-state index contributed by atoms with van der Waals surface area (Å²) >= 11 is 3.36. The first-order valence-electron chi connectivity index (χ1n) is 15.5. The van der Waals surface area contributed by atoms with Crippen molar-refractivity contribution in [3.8, 4) is 0 Å². The second-order valence-electron chi connectivity index (χ2n) is 11.8. The van der Waals surface area contributed by atoms with E-state index in [-0.39, 0.29) is 36.2 Å². The Kier molecular flexibility index (Phi) is 13.6. The van der Waals surface area contributed by atoms with Gasteiger partial charge >= 0.3 is 0 Å². The smallest absolute Gasteiger partial charge is 0.255 e. The van der Waals surface area contributed by atoms with Crippen LogP contribution in [0.15, 0.2) is 60.7 Å². The van der Waals surface area contributed by atoms with Crippen LogP contribution in [0.3, 0.4) is 0 Å². The number of nitrogens with one attached hydrogen (secondary N) is 2. The summed E-state index contributed by atoms with van der Waals surface area (Å²) in [7, 11) is 0. The minimum absolute atomic E-state index is 0. The zero-order valence-electron chi connectivity index (χ0n) is 24.8. The first-order valence-corrected chi connectivity index (χ1v) is 17.8. The molecule has 2 heterocycles. The van der Waals surface area contributed by atoms with Crippen LogP contribution in [-0.2, 0) is 16.1 Å². The van der Waals surface area contributed by atoms with Crippen LogP contribution in [0.2, 0.25) is 0 Å². The molecule has 2 aliphatic heterocycles. The highest BCUT2D eigenvalue weighted by atomic mass is 35.5. The minimum Gasteiger partial charge on any atom is -0.351 e. The van der Waals surface area contributed by atoms with Crippen molar-refractivity contribution in [2.24, 2.45) is 5.92 Å². The minimum atomic E-state index is -0.618. The zero-order valence-corrected chi connectivity index (χ0v) is 27.3. The monoisotopic (exact) mass is 644 g/mol. The number of rotatable bonds is 11. The molecule has 1 unspecified atom stereocenters. The molecule has 2 saturated heterocycles. The van der Waals surface area contributed by atoms with Crippen LogP contribution >= 0.6 is 35.9 Å². The van der Waals surface area contributed by atoms with Gasteiger partial charge in [-0.1, -0.05) is 67.8 Å². The van der Waals surface area contributed by atoms with E-state index in [1.807, 2.05) is 24.3 Å². The van der Waals surface area contributed by atoms with Gasteiger partial charge in [0.2, 0.25) is 11.8 Å². The van der Waals surface area contributed by atoms with Gasteiger partial charge in [-0.05, 0) is 55.1 Å². The molecule has 3 amide bonds. The Morgan fingerprint density at radius 3 is 2.28 bits per heavy atom. The zero-order chi connectivity index (χ0) is 29.1. The molecule has 43 heavy (non-hydrogen) atoms. The third-order valence-electron chi connectivity index (χ3n) is 8.65. The van der Waals surface area contributed by atoms with E-state index in [4.69, 9.17) is 0 Å².